The average Bonchev–Trinajstić information content (AvgIpc) is 2.16. The molecule has 0 heterocycles. The maximum atomic E-state index is 5.87. The summed E-state index contributed by atoms with van der Waals surface area (Å²) in [6.07, 6.45) is 8.24. The second-order valence-electron chi connectivity index (χ2n) is 6.20. The molecule has 0 aliphatic rings. The molecule has 0 aromatic heterocycles. The topological polar surface area (TPSA) is 26.0 Å². The van der Waals surface area contributed by atoms with Crippen LogP contribution in [0.25, 0.3) is 0 Å². The summed E-state index contributed by atoms with van der Waals surface area (Å²) in [5.41, 5.74) is 5.87. The van der Waals surface area contributed by atoms with Crippen molar-refractivity contribution in [1.82, 2.24) is 0 Å². The highest BCUT2D eigenvalue weighted by molar-refractivity contribution is 4.64. The first-order valence-corrected chi connectivity index (χ1v) is 7.19. The minimum atomic E-state index is 0.358. The molecule has 16 heavy (non-hydrogen) atoms. The number of nitrogens with two attached hydrogens (primary N) is 1. The molecule has 0 radical (unpaired) electrons. The molecule has 0 rings (SSSR count). The first-order valence-electron chi connectivity index (χ1n) is 7.19. The van der Waals surface area contributed by atoms with Crippen LogP contribution >= 0.6 is 0 Å². The van der Waals surface area contributed by atoms with E-state index in [9.17, 15) is 0 Å². The third-order valence-electron chi connectivity index (χ3n) is 3.73. The van der Waals surface area contributed by atoms with Crippen molar-refractivity contribution in [1.29, 1.82) is 0 Å². The smallest absolute Gasteiger partial charge is 0.00361 e. The maximum absolute atomic E-state index is 5.87. The number of hydrogen-bond acceptors (Lipinski definition) is 1. The van der Waals surface area contributed by atoms with Crippen LogP contribution in [0.15, 0.2) is 0 Å². The van der Waals surface area contributed by atoms with E-state index in [2.05, 4.69) is 34.6 Å². The molecule has 0 aromatic rings. The molecular weight excluding hydrogens is 194 g/mol. The molecular formula is C15H33N. The molecule has 0 saturated heterocycles. The lowest BCUT2D eigenvalue weighted by molar-refractivity contribution is 0.380. The molecule has 0 saturated carbocycles. The van der Waals surface area contributed by atoms with E-state index < -0.39 is 0 Å². The Labute approximate surface area is 103 Å². The fourth-order valence-electron chi connectivity index (χ4n) is 2.07. The molecule has 0 amide bonds. The Morgan fingerprint density at radius 2 is 1.25 bits per heavy atom. The van der Waals surface area contributed by atoms with Crippen molar-refractivity contribution in [3.63, 3.8) is 0 Å². The third-order valence-corrected chi connectivity index (χ3v) is 3.73. The molecule has 98 valence electrons. The van der Waals surface area contributed by atoms with Gasteiger partial charge in [0.1, 0.15) is 0 Å². The van der Waals surface area contributed by atoms with Gasteiger partial charge in [0.25, 0.3) is 0 Å². The number of hydrogen-bond donors (Lipinski definition) is 1. The molecule has 1 heteroatoms. The lowest BCUT2D eigenvalue weighted by Gasteiger charge is -2.17. The normalized spacial score (nSPS) is 17.4. The molecule has 0 aliphatic heterocycles. The highest BCUT2D eigenvalue weighted by Gasteiger charge is 2.08. The molecule has 0 spiro atoms. The van der Waals surface area contributed by atoms with Crippen LogP contribution in [0, 0.1) is 17.8 Å². The van der Waals surface area contributed by atoms with Gasteiger partial charge in [0.05, 0.1) is 0 Å². The van der Waals surface area contributed by atoms with Gasteiger partial charge in [0.2, 0.25) is 0 Å². The monoisotopic (exact) mass is 227 g/mol. The Morgan fingerprint density at radius 3 is 1.69 bits per heavy atom. The van der Waals surface area contributed by atoms with Crippen LogP contribution in [0.2, 0.25) is 0 Å². The Hall–Kier alpha value is -0.0400. The predicted molar refractivity (Wildman–Crippen MR) is 74.5 cm³/mol. The van der Waals surface area contributed by atoms with Crippen LogP contribution in [-0.2, 0) is 0 Å². The molecule has 1 nitrogen and oxygen atoms in total. The van der Waals surface area contributed by atoms with Crippen molar-refractivity contribution >= 4 is 0 Å². The maximum Gasteiger partial charge on any atom is 0.00361 e. The van der Waals surface area contributed by atoms with Crippen molar-refractivity contribution in [2.45, 2.75) is 79.2 Å². The van der Waals surface area contributed by atoms with E-state index >= 15 is 0 Å². The van der Waals surface area contributed by atoms with Gasteiger partial charge < -0.3 is 5.73 Å². The summed E-state index contributed by atoms with van der Waals surface area (Å²) < 4.78 is 0. The van der Waals surface area contributed by atoms with Crippen molar-refractivity contribution in [3.8, 4) is 0 Å². The van der Waals surface area contributed by atoms with Crippen molar-refractivity contribution < 1.29 is 0 Å². The SMILES string of the molecule is CC(C)CCCC(C)CCCC(C)C(C)N. The zero-order valence-corrected chi connectivity index (χ0v) is 12.1. The van der Waals surface area contributed by atoms with Gasteiger partial charge in [-0.05, 0) is 31.1 Å². The van der Waals surface area contributed by atoms with Crippen LogP contribution in [0.4, 0.5) is 0 Å². The molecule has 3 atom stereocenters. The van der Waals surface area contributed by atoms with Crippen LogP contribution in [-0.4, -0.2) is 6.04 Å². The lowest BCUT2D eigenvalue weighted by Crippen LogP contribution is -2.24. The van der Waals surface area contributed by atoms with Gasteiger partial charge in [0.15, 0.2) is 0 Å². The largest absolute Gasteiger partial charge is 0.328 e. The summed E-state index contributed by atoms with van der Waals surface area (Å²) in [5.74, 6) is 2.45. The Morgan fingerprint density at radius 1 is 0.750 bits per heavy atom. The standard InChI is InChI=1S/C15H33N/c1-12(2)8-6-9-13(3)10-7-11-14(4)15(5)16/h12-15H,6-11,16H2,1-5H3. The fraction of sp³-hybridized carbons (Fsp3) is 1.00. The highest BCUT2D eigenvalue weighted by atomic mass is 14.6. The van der Waals surface area contributed by atoms with Crippen molar-refractivity contribution in [2.75, 3.05) is 0 Å². The summed E-state index contributed by atoms with van der Waals surface area (Å²) in [6, 6.07) is 0.358. The van der Waals surface area contributed by atoms with Gasteiger partial charge in [-0.3, -0.25) is 0 Å². The summed E-state index contributed by atoms with van der Waals surface area (Å²) in [5, 5.41) is 0. The predicted octanol–water partition coefficient (Wildman–Crippen LogP) is 4.60. The van der Waals surface area contributed by atoms with Crippen LogP contribution < -0.4 is 5.73 Å². The van der Waals surface area contributed by atoms with E-state index in [-0.39, 0.29) is 0 Å². The molecule has 0 aromatic carbocycles. The summed E-state index contributed by atoms with van der Waals surface area (Å²) in [6.45, 7) is 11.4. The third kappa shape index (κ3) is 9.21. The average molecular weight is 227 g/mol. The molecule has 0 bridgehead atoms. The van der Waals surface area contributed by atoms with E-state index in [1.807, 2.05) is 0 Å². The second kappa shape index (κ2) is 9.04. The number of rotatable bonds is 9. The van der Waals surface area contributed by atoms with Gasteiger partial charge in [-0.2, -0.15) is 0 Å². The Balaban J connectivity index is 3.40. The van der Waals surface area contributed by atoms with Crippen LogP contribution in [0.5, 0.6) is 0 Å². The summed E-state index contributed by atoms with van der Waals surface area (Å²) in [4.78, 5) is 0. The Bertz CT molecular complexity index is 152. The van der Waals surface area contributed by atoms with Gasteiger partial charge >= 0.3 is 0 Å². The zero-order valence-electron chi connectivity index (χ0n) is 12.1. The van der Waals surface area contributed by atoms with Gasteiger partial charge in [-0.25, -0.2) is 0 Å². The van der Waals surface area contributed by atoms with E-state index in [4.69, 9.17) is 5.73 Å². The van der Waals surface area contributed by atoms with Crippen molar-refractivity contribution in [3.05, 3.63) is 0 Å². The zero-order chi connectivity index (χ0) is 12.6. The van der Waals surface area contributed by atoms with E-state index in [1.165, 1.54) is 38.5 Å². The first-order chi connectivity index (χ1) is 7.43. The van der Waals surface area contributed by atoms with Crippen LogP contribution in [0.1, 0.15) is 73.1 Å². The fourth-order valence-corrected chi connectivity index (χ4v) is 2.07. The lowest BCUT2D eigenvalue weighted by atomic mass is 9.92. The summed E-state index contributed by atoms with van der Waals surface area (Å²) >= 11 is 0. The van der Waals surface area contributed by atoms with Crippen LogP contribution in [0.3, 0.4) is 0 Å². The molecule has 3 unspecified atom stereocenters. The van der Waals surface area contributed by atoms with Crippen molar-refractivity contribution in [2.24, 2.45) is 23.5 Å². The first kappa shape index (κ1) is 16.0. The molecule has 0 aliphatic carbocycles. The Kier molecular flexibility index (Phi) is 9.02. The van der Waals surface area contributed by atoms with E-state index in [0.717, 1.165) is 11.8 Å². The molecule has 2 N–H and O–H groups in total. The van der Waals surface area contributed by atoms with Gasteiger partial charge in [-0.15, -0.1) is 0 Å². The van der Waals surface area contributed by atoms with Gasteiger partial charge in [-0.1, -0.05) is 59.8 Å². The summed E-state index contributed by atoms with van der Waals surface area (Å²) in [7, 11) is 0. The minimum Gasteiger partial charge on any atom is -0.328 e. The highest BCUT2D eigenvalue weighted by Crippen LogP contribution is 2.19. The quantitative estimate of drug-likeness (QED) is 0.612. The second-order valence-corrected chi connectivity index (χ2v) is 6.20. The van der Waals surface area contributed by atoms with E-state index in [1.54, 1.807) is 0 Å². The van der Waals surface area contributed by atoms with E-state index in [0.29, 0.717) is 12.0 Å². The molecule has 0 fully saturated rings. The van der Waals surface area contributed by atoms with Gasteiger partial charge in [0, 0.05) is 6.04 Å². The minimum absolute atomic E-state index is 0.358.